The molecule has 2 aliphatic rings. The molecular weight excluding hydrogens is 436 g/mol. The molecule has 0 aliphatic carbocycles. The van der Waals surface area contributed by atoms with Gasteiger partial charge in [0.2, 0.25) is 0 Å². The van der Waals surface area contributed by atoms with Gasteiger partial charge >= 0.3 is 0 Å². The zero-order valence-corrected chi connectivity index (χ0v) is 19.4. The smallest absolute Gasteiger partial charge is 0.254 e. The number of aromatic nitrogens is 2. The third-order valence-corrected chi connectivity index (χ3v) is 7.56. The first-order valence-electron chi connectivity index (χ1n) is 10.4. The Bertz CT molecular complexity index is 956. The van der Waals surface area contributed by atoms with Crippen molar-refractivity contribution in [3.8, 4) is 0 Å². The normalized spacial score (nSPS) is 17.9. The highest BCUT2D eigenvalue weighted by atomic mass is 35.5. The van der Waals surface area contributed by atoms with Gasteiger partial charge in [-0.1, -0.05) is 29.4 Å². The Morgan fingerprint density at radius 1 is 1.32 bits per heavy atom. The first kappa shape index (κ1) is 22.3. The number of aliphatic hydroxyl groups excluding tert-OH is 1. The number of nitrogens with zero attached hydrogens (tertiary/aromatic N) is 4. The fourth-order valence-electron chi connectivity index (χ4n) is 4.17. The molecule has 3 heterocycles. The molecule has 1 aromatic carbocycles. The van der Waals surface area contributed by atoms with Crippen LogP contribution in [-0.2, 0) is 11.3 Å². The third kappa shape index (κ3) is 4.67. The zero-order chi connectivity index (χ0) is 22.0. The largest absolute Gasteiger partial charge is 0.390 e. The van der Waals surface area contributed by atoms with Crippen molar-refractivity contribution >= 4 is 35.1 Å². The van der Waals surface area contributed by atoms with Crippen LogP contribution in [0, 0.1) is 5.41 Å². The summed E-state index contributed by atoms with van der Waals surface area (Å²) in [5.74, 6) is 0.587. The quantitative estimate of drug-likeness (QED) is 0.728. The molecule has 0 unspecified atom stereocenters. The minimum absolute atomic E-state index is 0.152. The Morgan fingerprint density at radius 3 is 2.74 bits per heavy atom. The van der Waals surface area contributed by atoms with Gasteiger partial charge in [0.15, 0.2) is 5.82 Å². The highest BCUT2D eigenvalue weighted by Crippen LogP contribution is 2.40. The monoisotopic (exact) mass is 462 g/mol. The van der Waals surface area contributed by atoms with E-state index in [4.69, 9.17) is 16.3 Å². The molecule has 0 saturated carbocycles. The molecule has 0 bridgehead atoms. The molecule has 7 nitrogen and oxygen atoms in total. The van der Waals surface area contributed by atoms with E-state index in [1.807, 2.05) is 6.07 Å². The van der Waals surface area contributed by atoms with Gasteiger partial charge in [-0.25, -0.2) is 9.97 Å². The molecule has 1 spiro atoms. The van der Waals surface area contributed by atoms with E-state index in [1.165, 1.54) is 16.7 Å². The maximum atomic E-state index is 12.3. The van der Waals surface area contributed by atoms with Gasteiger partial charge in [0.05, 0.1) is 30.0 Å². The number of benzene rings is 1. The highest BCUT2D eigenvalue weighted by molar-refractivity contribution is 7.99. The number of amides is 1. The van der Waals surface area contributed by atoms with Gasteiger partial charge < -0.3 is 19.6 Å². The van der Waals surface area contributed by atoms with Crippen molar-refractivity contribution in [1.82, 2.24) is 14.9 Å². The van der Waals surface area contributed by atoms with Crippen LogP contribution < -0.4 is 4.90 Å². The van der Waals surface area contributed by atoms with Gasteiger partial charge in [-0.2, -0.15) is 0 Å². The summed E-state index contributed by atoms with van der Waals surface area (Å²) in [7, 11) is 3.39. The highest BCUT2D eigenvalue weighted by Gasteiger charge is 2.38. The van der Waals surface area contributed by atoms with Crippen LogP contribution in [0.1, 0.15) is 35.3 Å². The Balaban J connectivity index is 1.51. The molecular formula is C22H27ClN4O3S. The van der Waals surface area contributed by atoms with Gasteiger partial charge in [0.1, 0.15) is 10.7 Å². The van der Waals surface area contributed by atoms with E-state index in [1.54, 1.807) is 32.4 Å². The fourth-order valence-corrected chi connectivity index (χ4v) is 5.32. The molecule has 2 aliphatic heterocycles. The molecule has 9 heteroatoms. The second kappa shape index (κ2) is 9.32. The standard InChI is InChI=1S/C22H27ClN4O3S/c1-26(2)21(29)15-4-3-5-17(19(15)23)31-18-12-24-20(16(13-28)25-18)27-9-6-22(7-10-27)8-11-30-14-22/h3-5,12,28H,6-11,13-14H2,1-2H3. The van der Waals surface area contributed by atoms with E-state index in [2.05, 4.69) is 14.9 Å². The van der Waals surface area contributed by atoms with Crippen molar-refractivity contribution in [2.45, 2.75) is 35.8 Å². The number of carbonyl (C=O) groups excluding carboxylic acids is 1. The SMILES string of the molecule is CN(C)C(=O)c1cccc(Sc2cnc(N3CCC4(CCOC4)CC3)c(CO)n2)c1Cl. The summed E-state index contributed by atoms with van der Waals surface area (Å²) in [6.45, 7) is 3.30. The lowest BCUT2D eigenvalue weighted by Gasteiger charge is -2.39. The first-order chi connectivity index (χ1) is 14.9. The molecule has 1 N–H and O–H groups in total. The number of halogens is 1. The molecule has 0 atom stereocenters. The molecule has 2 saturated heterocycles. The number of carbonyl (C=O) groups is 1. The summed E-state index contributed by atoms with van der Waals surface area (Å²) in [4.78, 5) is 26.0. The minimum Gasteiger partial charge on any atom is -0.390 e. The van der Waals surface area contributed by atoms with E-state index in [0.717, 1.165) is 56.3 Å². The second-order valence-corrected chi connectivity index (χ2v) is 9.79. The van der Waals surface area contributed by atoms with Gasteiger partial charge in [-0.3, -0.25) is 4.79 Å². The predicted octanol–water partition coefficient (Wildman–Crippen LogP) is 3.48. The van der Waals surface area contributed by atoms with Crippen LogP contribution in [0.25, 0.3) is 0 Å². The van der Waals surface area contributed by atoms with E-state index in [-0.39, 0.29) is 12.5 Å². The topological polar surface area (TPSA) is 78.8 Å². The van der Waals surface area contributed by atoms with E-state index in [9.17, 15) is 9.90 Å². The summed E-state index contributed by atoms with van der Waals surface area (Å²) < 4.78 is 5.62. The van der Waals surface area contributed by atoms with Gasteiger partial charge in [0.25, 0.3) is 5.91 Å². The molecule has 31 heavy (non-hydrogen) atoms. The maximum Gasteiger partial charge on any atom is 0.254 e. The van der Waals surface area contributed by atoms with Crippen molar-refractivity contribution in [2.24, 2.45) is 5.41 Å². The predicted molar refractivity (Wildman–Crippen MR) is 121 cm³/mol. The van der Waals surface area contributed by atoms with E-state index >= 15 is 0 Å². The number of hydrogen-bond acceptors (Lipinski definition) is 7. The molecule has 1 amide bonds. The van der Waals surface area contributed by atoms with Crippen molar-refractivity contribution in [2.75, 3.05) is 45.3 Å². The van der Waals surface area contributed by atoms with Crippen molar-refractivity contribution in [3.63, 3.8) is 0 Å². The van der Waals surface area contributed by atoms with E-state index in [0.29, 0.717) is 26.7 Å². The number of hydrogen-bond donors (Lipinski definition) is 1. The molecule has 2 fully saturated rings. The lowest BCUT2D eigenvalue weighted by atomic mass is 9.78. The summed E-state index contributed by atoms with van der Waals surface area (Å²) in [6, 6.07) is 5.36. The van der Waals surface area contributed by atoms with E-state index < -0.39 is 0 Å². The molecule has 4 rings (SSSR count). The van der Waals surface area contributed by atoms with Gasteiger partial charge in [-0.15, -0.1) is 0 Å². The number of ether oxygens (including phenoxy) is 1. The Kier molecular flexibility index (Phi) is 6.71. The van der Waals surface area contributed by atoms with Gasteiger partial charge in [-0.05, 0) is 36.8 Å². The van der Waals surface area contributed by atoms with Gasteiger partial charge in [0, 0.05) is 38.7 Å². The Morgan fingerprint density at radius 2 is 2.10 bits per heavy atom. The molecule has 1 aromatic heterocycles. The van der Waals surface area contributed by atoms with Crippen LogP contribution in [0.3, 0.4) is 0 Å². The summed E-state index contributed by atoms with van der Waals surface area (Å²) in [5, 5.41) is 11.0. The number of rotatable bonds is 5. The summed E-state index contributed by atoms with van der Waals surface area (Å²) in [5.41, 5.74) is 1.31. The zero-order valence-electron chi connectivity index (χ0n) is 17.8. The molecule has 0 radical (unpaired) electrons. The van der Waals surface area contributed by atoms with Crippen molar-refractivity contribution in [3.05, 3.63) is 40.7 Å². The summed E-state index contributed by atoms with van der Waals surface area (Å²) in [6.07, 6.45) is 4.97. The number of aliphatic hydroxyl groups is 1. The number of anilines is 1. The van der Waals surface area contributed by atoms with Crippen molar-refractivity contribution < 1.29 is 14.6 Å². The Labute approximate surface area is 191 Å². The molecule has 166 valence electrons. The second-order valence-electron chi connectivity index (χ2n) is 8.35. The average Bonchev–Trinajstić information content (AvgIpc) is 3.23. The van der Waals surface area contributed by atoms with Crippen molar-refractivity contribution in [1.29, 1.82) is 0 Å². The number of piperidine rings is 1. The summed E-state index contributed by atoms with van der Waals surface area (Å²) >= 11 is 7.83. The lowest BCUT2D eigenvalue weighted by Crippen LogP contribution is -2.41. The third-order valence-electron chi connectivity index (χ3n) is 6.07. The average molecular weight is 463 g/mol. The van der Waals surface area contributed by atoms with Crippen LogP contribution in [0.4, 0.5) is 5.82 Å². The molecule has 2 aromatic rings. The maximum absolute atomic E-state index is 12.3. The van der Waals surface area contributed by atoms with Crippen LogP contribution in [0.15, 0.2) is 34.3 Å². The lowest BCUT2D eigenvalue weighted by molar-refractivity contribution is 0.0827. The van der Waals surface area contributed by atoms with Crippen LogP contribution in [0.5, 0.6) is 0 Å². The first-order valence-corrected chi connectivity index (χ1v) is 11.6. The van der Waals surface area contributed by atoms with Crippen LogP contribution >= 0.6 is 23.4 Å². The van der Waals surface area contributed by atoms with Crippen LogP contribution in [0.2, 0.25) is 5.02 Å². The fraction of sp³-hybridized carbons (Fsp3) is 0.500. The Hall–Kier alpha value is -1.87. The van der Waals surface area contributed by atoms with Crippen LogP contribution in [-0.4, -0.2) is 66.3 Å². The minimum atomic E-state index is -0.186.